The first-order valence-electron chi connectivity index (χ1n) is 7.59. The molecular weight excluding hydrogens is 312 g/mol. The molecule has 124 valence electrons. The lowest BCUT2D eigenvalue weighted by atomic mass is 9.99. The number of hydrogen-bond acceptors (Lipinski definition) is 3. The van der Waals surface area contributed by atoms with E-state index in [2.05, 4.69) is 13.8 Å². The SMILES string of the molecule is CCC(C)c1ccc(Oc2cc(C)c(S(=O)(=O)O)c(C)c2)cc1. The van der Waals surface area contributed by atoms with Crippen LogP contribution in [-0.4, -0.2) is 13.0 Å². The fourth-order valence-electron chi connectivity index (χ4n) is 2.61. The van der Waals surface area contributed by atoms with Crippen molar-refractivity contribution in [1.29, 1.82) is 0 Å². The minimum atomic E-state index is -4.23. The molecule has 2 rings (SSSR count). The molecule has 2 aromatic rings. The van der Waals surface area contributed by atoms with Gasteiger partial charge in [-0.2, -0.15) is 8.42 Å². The van der Waals surface area contributed by atoms with E-state index in [0.717, 1.165) is 6.42 Å². The first kappa shape index (κ1) is 17.5. The van der Waals surface area contributed by atoms with Crippen LogP contribution in [-0.2, 0) is 10.1 Å². The summed E-state index contributed by atoms with van der Waals surface area (Å²) in [5.41, 5.74) is 2.17. The van der Waals surface area contributed by atoms with Gasteiger partial charge in [-0.25, -0.2) is 0 Å². The minimum absolute atomic E-state index is 0.0584. The summed E-state index contributed by atoms with van der Waals surface area (Å²) in [7, 11) is -4.23. The molecule has 0 aliphatic rings. The minimum Gasteiger partial charge on any atom is -0.457 e. The van der Waals surface area contributed by atoms with Gasteiger partial charge in [0.2, 0.25) is 0 Å². The summed E-state index contributed by atoms with van der Waals surface area (Å²) < 4.78 is 37.8. The molecular formula is C18H22O4S. The third-order valence-electron chi connectivity index (χ3n) is 3.99. The van der Waals surface area contributed by atoms with Gasteiger partial charge in [0.05, 0.1) is 4.90 Å². The molecule has 0 aliphatic carbocycles. The fourth-order valence-corrected chi connectivity index (χ4v) is 3.54. The van der Waals surface area contributed by atoms with Crippen LogP contribution >= 0.6 is 0 Å². The molecule has 0 aromatic heterocycles. The van der Waals surface area contributed by atoms with Crippen LogP contribution in [0.4, 0.5) is 0 Å². The molecule has 0 heterocycles. The fraction of sp³-hybridized carbons (Fsp3) is 0.333. The maximum Gasteiger partial charge on any atom is 0.295 e. The van der Waals surface area contributed by atoms with Crippen molar-refractivity contribution in [2.75, 3.05) is 0 Å². The zero-order valence-electron chi connectivity index (χ0n) is 13.8. The van der Waals surface area contributed by atoms with E-state index in [1.807, 2.05) is 24.3 Å². The van der Waals surface area contributed by atoms with Crippen LogP contribution in [0.2, 0.25) is 0 Å². The van der Waals surface area contributed by atoms with Gasteiger partial charge in [-0.15, -0.1) is 0 Å². The number of aryl methyl sites for hydroxylation is 2. The highest BCUT2D eigenvalue weighted by Gasteiger charge is 2.17. The number of ether oxygens (including phenoxy) is 1. The Kier molecular flexibility index (Phi) is 5.12. The van der Waals surface area contributed by atoms with Crippen LogP contribution in [0, 0.1) is 13.8 Å². The first-order valence-corrected chi connectivity index (χ1v) is 9.03. The van der Waals surface area contributed by atoms with Gasteiger partial charge in [0.15, 0.2) is 0 Å². The van der Waals surface area contributed by atoms with Crippen molar-refractivity contribution in [1.82, 2.24) is 0 Å². The van der Waals surface area contributed by atoms with E-state index in [1.54, 1.807) is 26.0 Å². The Balaban J connectivity index is 2.28. The standard InChI is InChI=1S/C18H22O4S/c1-5-12(2)15-6-8-16(9-7-15)22-17-10-13(3)18(14(4)11-17)23(19,20)21/h6-12H,5H2,1-4H3,(H,19,20,21). The van der Waals surface area contributed by atoms with Gasteiger partial charge >= 0.3 is 0 Å². The molecule has 5 heteroatoms. The second kappa shape index (κ2) is 6.72. The Labute approximate surface area is 137 Å². The first-order chi connectivity index (χ1) is 10.7. The van der Waals surface area contributed by atoms with E-state index in [9.17, 15) is 13.0 Å². The summed E-state index contributed by atoms with van der Waals surface area (Å²) in [6.07, 6.45) is 1.08. The molecule has 0 aliphatic heterocycles. The third-order valence-corrected chi connectivity index (χ3v) is 5.15. The predicted molar refractivity (Wildman–Crippen MR) is 91.0 cm³/mol. The van der Waals surface area contributed by atoms with Gasteiger partial charge < -0.3 is 4.74 Å². The van der Waals surface area contributed by atoms with Crippen molar-refractivity contribution in [2.24, 2.45) is 0 Å². The Morgan fingerprint density at radius 3 is 2.00 bits per heavy atom. The van der Waals surface area contributed by atoms with Crippen molar-refractivity contribution in [3.63, 3.8) is 0 Å². The maximum atomic E-state index is 11.4. The molecule has 1 N–H and O–H groups in total. The number of rotatable bonds is 5. The maximum absolute atomic E-state index is 11.4. The molecule has 2 aromatic carbocycles. The zero-order chi connectivity index (χ0) is 17.2. The smallest absolute Gasteiger partial charge is 0.295 e. The monoisotopic (exact) mass is 334 g/mol. The summed E-state index contributed by atoms with van der Waals surface area (Å²) in [6, 6.07) is 11.1. The lowest BCUT2D eigenvalue weighted by molar-refractivity contribution is 0.475. The van der Waals surface area contributed by atoms with Crippen LogP contribution < -0.4 is 4.74 Å². The van der Waals surface area contributed by atoms with Crippen molar-refractivity contribution in [2.45, 2.75) is 44.9 Å². The molecule has 0 fully saturated rings. The average Bonchev–Trinajstić information content (AvgIpc) is 2.45. The zero-order valence-corrected chi connectivity index (χ0v) is 14.6. The molecule has 1 atom stereocenters. The Morgan fingerprint density at radius 1 is 1.04 bits per heavy atom. The summed E-state index contributed by atoms with van der Waals surface area (Å²) in [5, 5.41) is 0. The third kappa shape index (κ3) is 4.12. The van der Waals surface area contributed by atoms with Crippen LogP contribution in [0.25, 0.3) is 0 Å². The molecule has 0 spiro atoms. The van der Waals surface area contributed by atoms with Crippen LogP contribution in [0.15, 0.2) is 41.3 Å². The molecule has 0 saturated carbocycles. The van der Waals surface area contributed by atoms with Crippen LogP contribution in [0.1, 0.15) is 42.9 Å². The lowest BCUT2D eigenvalue weighted by Gasteiger charge is -2.13. The molecule has 1 unspecified atom stereocenters. The second-order valence-electron chi connectivity index (χ2n) is 5.84. The van der Waals surface area contributed by atoms with E-state index in [4.69, 9.17) is 4.74 Å². The molecule has 0 saturated heterocycles. The highest BCUT2D eigenvalue weighted by molar-refractivity contribution is 7.86. The van der Waals surface area contributed by atoms with Gasteiger partial charge in [0, 0.05) is 0 Å². The van der Waals surface area contributed by atoms with Crippen LogP contribution in [0.5, 0.6) is 11.5 Å². The van der Waals surface area contributed by atoms with E-state index in [1.165, 1.54) is 5.56 Å². The number of benzene rings is 2. The Bertz CT molecular complexity index is 769. The Hall–Kier alpha value is -1.85. The van der Waals surface area contributed by atoms with Gasteiger partial charge in [-0.3, -0.25) is 4.55 Å². The van der Waals surface area contributed by atoms with Crippen LogP contribution in [0.3, 0.4) is 0 Å². The van der Waals surface area contributed by atoms with E-state index in [-0.39, 0.29) is 4.90 Å². The van der Waals surface area contributed by atoms with Crippen molar-refractivity contribution in [3.8, 4) is 11.5 Å². The van der Waals surface area contributed by atoms with E-state index in [0.29, 0.717) is 28.5 Å². The summed E-state index contributed by atoms with van der Waals surface area (Å²) in [6.45, 7) is 7.60. The lowest BCUT2D eigenvalue weighted by Crippen LogP contribution is -2.04. The Morgan fingerprint density at radius 2 is 1.57 bits per heavy atom. The van der Waals surface area contributed by atoms with Crippen molar-refractivity contribution in [3.05, 3.63) is 53.1 Å². The highest BCUT2D eigenvalue weighted by Crippen LogP contribution is 2.30. The second-order valence-corrected chi connectivity index (χ2v) is 7.20. The van der Waals surface area contributed by atoms with Gasteiger partial charge in [0.25, 0.3) is 10.1 Å². The van der Waals surface area contributed by atoms with E-state index < -0.39 is 10.1 Å². The average molecular weight is 334 g/mol. The number of hydrogen-bond donors (Lipinski definition) is 1. The quantitative estimate of drug-likeness (QED) is 0.793. The molecule has 0 radical (unpaired) electrons. The van der Waals surface area contributed by atoms with E-state index >= 15 is 0 Å². The topological polar surface area (TPSA) is 63.6 Å². The summed E-state index contributed by atoms with van der Waals surface area (Å²) >= 11 is 0. The molecule has 0 amide bonds. The molecule has 4 nitrogen and oxygen atoms in total. The van der Waals surface area contributed by atoms with Crippen molar-refractivity contribution < 1.29 is 17.7 Å². The van der Waals surface area contributed by atoms with Crippen molar-refractivity contribution >= 4 is 10.1 Å². The molecule has 23 heavy (non-hydrogen) atoms. The normalized spacial score (nSPS) is 12.9. The predicted octanol–water partition coefficient (Wildman–Crippen LogP) is 4.86. The largest absolute Gasteiger partial charge is 0.457 e. The molecule has 0 bridgehead atoms. The summed E-state index contributed by atoms with van der Waals surface area (Å²) in [4.78, 5) is -0.0584. The highest BCUT2D eigenvalue weighted by atomic mass is 32.2. The van der Waals surface area contributed by atoms with Gasteiger partial charge in [-0.05, 0) is 67.1 Å². The van der Waals surface area contributed by atoms with Gasteiger partial charge in [0.1, 0.15) is 11.5 Å². The van der Waals surface area contributed by atoms with Gasteiger partial charge in [-0.1, -0.05) is 26.0 Å². The summed E-state index contributed by atoms with van der Waals surface area (Å²) in [5.74, 6) is 1.74.